The van der Waals surface area contributed by atoms with Gasteiger partial charge in [-0.25, -0.2) is 9.78 Å². The number of likely N-dealkylation sites (N-methyl/N-ethyl adjacent to an activating group) is 1. The normalized spacial score (nSPS) is 23.4. The number of aryl methyl sites for hydroxylation is 1. The monoisotopic (exact) mass is 962 g/mol. The van der Waals surface area contributed by atoms with E-state index in [0.29, 0.717) is 37.2 Å². The minimum absolute atomic E-state index is 0.0493. The van der Waals surface area contributed by atoms with Gasteiger partial charge < -0.3 is 49.4 Å². The second-order valence-corrected chi connectivity index (χ2v) is 20.4. The Kier molecular flexibility index (Phi) is 13.9. The minimum Gasteiger partial charge on any atom is -0.508 e. The molecular weight excluding hydrogens is 897 g/mol. The van der Waals surface area contributed by atoms with Crippen LogP contribution in [0.4, 0.5) is 5.82 Å². The molecule has 1 unspecified atom stereocenters. The van der Waals surface area contributed by atoms with E-state index in [0.717, 1.165) is 55.1 Å². The van der Waals surface area contributed by atoms with Gasteiger partial charge in [-0.15, -0.1) is 0 Å². The number of ether oxygens (including phenoxy) is 2. The zero-order chi connectivity index (χ0) is 50.4. The number of nitrogens with one attached hydrogen (secondary N) is 2. The average molecular weight is 963 g/mol. The van der Waals surface area contributed by atoms with Crippen molar-refractivity contribution in [2.75, 3.05) is 58.4 Å². The molecule has 4 amide bonds. The van der Waals surface area contributed by atoms with Crippen LogP contribution in [-0.2, 0) is 52.8 Å². The molecule has 4 aromatic rings. The van der Waals surface area contributed by atoms with Gasteiger partial charge in [0.05, 0.1) is 24.9 Å². The Balaban J connectivity index is 1.21. The van der Waals surface area contributed by atoms with Gasteiger partial charge in [0.2, 0.25) is 17.5 Å². The van der Waals surface area contributed by atoms with Crippen molar-refractivity contribution in [1.82, 2.24) is 35.1 Å². The van der Waals surface area contributed by atoms with Gasteiger partial charge in [0.1, 0.15) is 23.7 Å². The summed E-state index contributed by atoms with van der Waals surface area (Å²) in [5, 5.41) is 39.7. The van der Waals surface area contributed by atoms with Crippen molar-refractivity contribution < 1.29 is 48.8 Å². The van der Waals surface area contributed by atoms with Gasteiger partial charge in [-0.2, -0.15) is 5.43 Å². The number of amides is 4. The van der Waals surface area contributed by atoms with E-state index in [1.54, 1.807) is 33.2 Å². The highest BCUT2D eigenvalue weighted by Gasteiger charge is 2.49. The third-order valence-corrected chi connectivity index (χ3v) is 14.2. The van der Waals surface area contributed by atoms with Gasteiger partial charge in [-0.05, 0) is 90.4 Å². The van der Waals surface area contributed by atoms with E-state index in [2.05, 4.69) is 51.9 Å². The predicted octanol–water partition coefficient (Wildman–Crippen LogP) is 3.53. The maximum absolute atomic E-state index is 14.8. The molecule has 4 aliphatic heterocycles. The number of carbonyl (C=O) groups is 5. The van der Waals surface area contributed by atoms with Crippen LogP contribution in [0.5, 0.6) is 5.75 Å². The summed E-state index contributed by atoms with van der Waals surface area (Å²) in [7, 11) is 3.10. The van der Waals surface area contributed by atoms with Gasteiger partial charge in [0.25, 0.3) is 11.8 Å². The molecule has 4 aliphatic rings. The number of aliphatic hydroxyl groups is 2. The van der Waals surface area contributed by atoms with E-state index in [1.807, 2.05) is 32.0 Å². The number of phenols is 1. The van der Waals surface area contributed by atoms with Crippen molar-refractivity contribution in [3.8, 4) is 28.1 Å². The number of nitrogens with zero attached hydrogens (tertiary/aromatic N) is 6. The van der Waals surface area contributed by atoms with Crippen LogP contribution in [-0.4, -0.2) is 152 Å². The molecule has 3 fully saturated rings. The summed E-state index contributed by atoms with van der Waals surface area (Å²) in [6.45, 7) is 14.9. The molecule has 0 aliphatic carbocycles. The fourth-order valence-electron chi connectivity index (χ4n) is 10.6. The van der Waals surface area contributed by atoms with E-state index in [4.69, 9.17) is 14.5 Å². The number of hydrogen-bond donors (Lipinski definition) is 5. The highest BCUT2D eigenvalue weighted by Crippen LogP contribution is 2.43. The molecule has 0 saturated carbocycles. The second-order valence-electron chi connectivity index (χ2n) is 20.4. The van der Waals surface area contributed by atoms with E-state index in [1.165, 1.54) is 18.0 Å². The van der Waals surface area contributed by atoms with Crippen LogP contribution in [0.25, 0.3) is 33.3 Å². The van der Waals surface area contributed by atoms with Crippen molar-refractivity contribution in [2.24, 2.45) is 11.3 Å². The van der Waals surface area contributed by atoms with Gasteiger partial charge in [0, 0.05) is 94.2 Å². The second kappa shape index (κ2) is 19.5. The lowest BCUT2D eigenvalue weighted by Crippen LogP contribution is -2.67. The van der Waals surface area contributed by atoms with Crippen LogP contribution in [0.1, 0.15) is 65.0 Å². The number of anilines is 1. The topological polar surface area (TPSA) is 219 Å². The van der Waals surface area contributed by atoms with Crippen LogP contribution in [0.3, 0.4) is 0 Å². The fourth-order valence-corrected chi connectivity index (χ4v) is 10.6. The Morgan fingerprint density at radius 3 is 2.53 bits per heavy atom. The molecule has 18 nitrogen and oxygen atoms in total. The zero-order valence-corrected chi connectivity index (χ0v) is 41.2. The fraction of sp³-hybridized carbons (Fsp3) is 0.500. The minimum atomic E-state index is -2.30. The maximum Gasteiger partial charge on any atom is 0.355 e. The summed E-state index contributed by atoms with van der Waals surface area (Å²) < 4.78 is 13.9. The SMILES string of the molecule is C=CC(=O)N1CCC(O)(C(=O)N(C)[C@H](C(=O)N[C@H]2Cc3cc(O)cc(c3)-c3ccc4c(c3)c(c(-c3cccnc3N3CC(OC)C3)n4CC)CC(C)(C)COC(=O)[C@@]3(O)CCCN(N3)C2=O)C(C)C)C1. The number of pyridine rings is 1. The van der Waals surface area contributed by atoms with Gasteiger partial charge in [0.15, 0.2) is 5.60 Å². The third-order valence-electron chi connectivity index (χ3n) is 14.2. The summed E-state index contributed by atoms with van der Waals surface area (Å²) in [6.07, 6.45) is 3.38. The van der Waals surface area contributed by atoms with Crippen molar-refractivity contribution in [1.29, 1.82) is 0 Å². The first-order valence-electron chi connectivity index (χ1n) is 24.1. The van der Waals surface area contributed by atoms with E-state index >= 15 is 0 Å². The van der Waals surface area contributed by atoms with Gasteiger partial charge >= 0.3 is 5.97 Å². The molecule has 3 saturated heterocycles. The summed E-state index contributed by atoms with van der Waals surface area (Å²) in [4.78, 5) is 79.3. The number of methoxy groups -OCH3 is 1. The van der Waals surface area contributed by atoms with Crippen LogP contribution in [0.2, 0.25) is 0 Å². The Labute approximate surface area is 408 Å². The number of hydrazine groups is 1. The summed E-state index contributed by atoms with van der Waals surface area (Å²) in [6, 6.07) is 12.6. The predicted molar refractivity (Wildman–Crippen MR) is 262 cm³/mol. The lowest BCUT2D eigenvalue weighted by molar-refractivity contribution is -0.189. The number of esters is 1. The molecule has 8 rings (SSSR count). The number of hydrogen-bond acceptors (Lipinski definition) is 13. The number of rotatable bonds is 10. The molecule has 4 atom stereocenters. The quantitative estimate of drug-likeness (QED) is 0.114. The number of phenolic OH excluding ortho intramolecular Hbond substituents is 1. The average Bonchev–Trinajstić information content (AvgIpc) is 3.86. The molecule has 18 heteroatoms. The molecular formula is C52H66N8O10. The van der Waals surface area contributed by atoms with E-state index in [9.17, 15) is 39.3 Å². The molecule has 2 aromatic heterocycles. The molecule has 70 heavy (non-hydrogen) atoms. The van der Waals surface area contributed by atoms with Gasteiger partial charge in [-0.3, -0.25) is 24.2 Å². The van der Waals surface area contributed by atoms with Crippen molar-refractivity contribution in [3.05, 3.63) is 78.5 Å². The maximum atomic E-state index is 14.8. The first-order chi connectivity index (χ1) is 33.2. The number of likely N-dealkylation sites (tertiary alicyclic amines) is 1. The van der Waals surface area contributed by atoms with Crippen LogP contribution >= 0.6 is 0 Å². The largest absolute Gasteiger partial charge is 0.508 e. The molecule has 0 spiro atoms. The molecule has 2 aromatic carbocycles. The zero-order valence-electron chi connectivity index (χ0n) is 41.2. The van der Waals surface area contributed by atoms with Crippen molar-refractivity contribution >= 4 is 46.3 Å². The number of cyclic esters (lactones) is 1. The summed E-state index contributed by atoms with van der Waals surface area (Å²) in [5.74, 6) is -3.34. The highest BCUT2D eigenvalue weighted by molar-refractivity contribution is 5.98. The number of carbonyl (C=O) groups excluding carboxylic acids is 5. The van der Waals surface area contributed by atoms with Crippen LogP contribution in [0.15, 0.2) is 67.4 Å². The standard InChI is InChI=1S/C52H66N8O10/c1-9-42(62)57-20-17-51(67,29-57)48(65)56(7)43(31(3)4)46(63)54-40-23-32-21-34(24-35(61)22-32)33-14-15-41-38(25-33)39(26-50(5,6)30-70-49(66)52(68)16-12-19-60(55-52)47(40)64)44(59(41)10-2)37-13-11-18-53-45(37)58-27-36(28-58)69-8/h9,11,13-15,18,21-22,24-25,31,36,40,43,55,61,67-68H,1,10,12,16-17,19-20,23,26-30H2,2-8H3,(H,54,63)/t40-,43-,51?,52-/m0/s1. The van der Waals surface area contributed by atoms with Gasteiger partial charge in [-0.1, -0.05) is 46.4 Å². The Morgan fingerprint density at radius 2 is 1.83 bits per heavy atom. The smallest absolute Gasteiger partial charge is 0.355 e. The Hall–Kier alpha value is -6.34. The number of benzene rings is 2. The van der Waals surface area contributed by atoms with Crippen LogP contribution in [0, 0.1) is 11.3 Å². The molecule has 6 heterocycles. The molecule has 0 radical (unpaired) electrons. The molecule has 374 valence electrons. The lowest BCUT2D eigenvalue weighted by atomic mass is 9.84. The number of β-amino-alcohol motifs (C(OH)–C–C–N with tert-alkyl or cyclic N) is 1. The molecule has 6 bridgehead atoms. The number of aromatic nitrogens is 2. The number of fused-ring (bicyclic) bond motifs is 6. The third kappa shape index (κ3) is 9.61. The van der Waals surface area contributed by atoms with Crippen molar-refractivity contribution in [2.45, 2.75) is 103 Å². The van der Waals surface area contributed by atoms with Crippen LogP contribution < -0.4 is 15.6 Å². The summed E-state index contributed by atoms with van der Waals surface area (Å²) >= 11 is 0. The first-order valence-corrected chi connectivity index (χ1v) is 24.1. The Bertz CT molecular complexity index is 2710. The highest BCUT2D eigenvalue weighted by atomic mass is 16.6. The Morgan fingerprint density at radius 1 is 1.07 bits per heavy atom. The molecule has 5 N–H and O–H groups in total. The van der Waals surface area contributed by atoms with E-state index in [-0.39, 0.29) is 63.8 Å². The lowest BCUT2D eigenvalue weighted by Gasteiger charge is -2.40. The number of aromatic hydroxyl groups is 1. The van der Waals surface area contributed by atoms with Crippen molar-refractivity contribution in [3.63, 3.8) is 0 Å². The summed E-state index contributed by atoms with van der Waals surface area (Å²) in [5.41, 5.74) is 3.57. The first kappa shape index (κ1) is 50.1. The van der Waals surface area contributed by atoms with E-state index < -0.39 is 64.3 Å².